The first-order valence-electron chi connectivity index (χ1n) is 5.03. The Hall–Kier alpha value is -1.57. The van der Waals surface area contributed by atoms with Crippen molar-refractivity contribution in [2.45, 2.75) is 19.3 Å². The Morgan fingerprint density at radius 3 is 2.93 bits per heavy atom. The van der Waals surface area contributed by atoms with Gasteiger partial charge in [-0.1, -0.05) is 18.2 Å². The minimum absolute atomic E-state index is 0.795. The summed E-state index contributed by atoms with van der Waals surface area (Å²) in [5.41, 5.74) is 4.38. The summed E-state index contributed by atoms with van der Waals surface area (Å²) in [6, 6.07) is 8.26. The van der Waals surface area contributed by atoms with Gasteiger partial charge >= 0.3 is 0 Å². The second kappa shape index (κ2) is 2.71. The first-order chi connectivity index (χ1) is 6.86. The Labute approximate surface area is 82.5 Å². The van der Waals surface area contributed by atoms with Crippen LogP contribution in [0.4, 0.5) is 0 Å². The van der Waals surface area contributed by atoms with Crippen LogP contribution in [0.1, 0.15) is 24.1 Å². The van der Waals surface area contributed by atoms with Crippen LogP contribution in [0.3, 0.4) is 0 Å². The summed E-state index contributed by atoms with van der Waals surface area (Å²) in [7, 11) is 0. The number of H-pyrrole nitrogens is 1. The van der Waals surface area contributed by atoms with Crippen molar-refractivity contribution < 1.29 is 0 Å². The topological polar surface area (TPSA) is 39.6 Å². The van der Waals surface area contributed by atoms with E-state index in [0.717, 1.165) is 30.5 Å². The normalized spacial score (nSPS) is 15.9. The van der Waals surface area contributed by atoms with Gasteiger partial charge in [-0.2, -0.15) is 0 Å². The summed E-state index contributed by atoms with van der Waals surface area (Å²) in [5, 5.41) is 9.16. The van der Waals surface area contributed by atoms with Crippen molar-refractivity contribution in [2.24, 2.45) is 0 Å². The van der Waals surface area contributed by atoms with E-state index in [1.54, 1.807) is 0 Å². The monoisotopic (exact) mass is 184 g/mol. The largest absolute Gasteiger partial charge is 0.358 e. The molecule has 2 N–H and O–H groups in total. The SMILES string of the molecule is N=C1CCCc2[nH]c3ccccc3c21. The molecule has 0 bridgehead atoms. The van der Waals surface area contributed by atoms with Crippen LogP contribution in [-0.4, -0.2) is 10.7 Å². The number of benzene rings is 1. The van der Waals surface area contributed by atoms with Crippen LogP contribution in [0, 0.1) is 5.41 Å². The van der Waals surface area contributed by atoms with E-state index in [9.17, 15) is 0 Å². The average Bonchev–Trinajstić information content (AvgIpc) is 2.57. The second-order valence-electron chi connectivity index (χ2n) is 3.86. The molecule has 1 heterocycles. The molecule has 0 aliphatic heterocycles. The minimum Gasteiger partial charge on any atom is -0.358 e. The van der Waals surface area contributed by atoms with Crippen molar-refractivity contribution in [3.8, 4) is 0 Å². The highest BCUT2D eigenvalue weighted by atomic mass is 14.7. The third kappa shape index (κ3) is 0.939. The maximum Gasteiger partial charge on any atom is 0.0463 e. The van der Waals surface area contributed by atoms with Gasteiger partial charge in [0, 0.05) is 27.9 Å². The summed E-state index contributed by atoms with van der Waals surface area (Å²) in [6.45, 7) is 0. The summed E-state index contributed by atoms with van der Waals surface area (Å²) >= 11 is 0. The Morgan fingerprint density at radius 2 is 2.00 bits per heavy atom. The zero-order valence-corrected chi connectivity index (χ0v) is 7.93. The van der Waals surface area contributed by atoms with Gasteiger partial charge in [0.25, 0.3) is 0 Å². The van der Waals surface area contributed by atoms with E-state index < -0.39 is 0 Å². The molecule has 0 radical (unpaired) electrons. The van der Waals surface area contributed by atoms with Crippen LogP contribution >= 0.6 is 0 Å². The third-order valence-electron chi connectivity index (χ3n) is 2.94. The molecule has 0 spiro atoms. The molecule has 0 saturated carbocycles. The fraction of sp³-hybridized carbons (Fsp3) is 0.250. The minimum atomic E-state index is 0.795. The summed E-state index contributed by atoms with van der Waals surface area (Å²) in [5.74, 6) is 0. The summed E-state index contributed by atoms with van der Waals surface area (Å²) in [4.78, 5) is 3.41. The highest BCUT2D eigenvalue weighted by molar-refractivity contribution is 6.11. The Morgan fingerprint density at radius 1 is 1.14 bits per heavy atom. The number of aryl methyl sites for hydroxylation is 1. The molecule has 1 aromatic carbocycles. The number of aromatic nitrogens is 1. The zero-order chi connectivity index (χ0) is 9.54. The standard InChI is InChI=1S/C12H12N2/c13-9-5-3-7-11-12(9)8-4-1-2-6-10(8)14-11/h1-2,4,6,13-14H,3,5,7H2. The summed E-state index contributed by atoms with van der Waals surface area (Å²) < 4.78 is 0. The number of fused-ring (bicyclic) bond motifs is 3. The first-order valence-corrected chi connectivity index (χ1v) is 5.03. The number of para-hydroxylation sites is 1. The van der Waals surface area contributed by atoms with Gasteiger partial charge in [0.05, 0.1) is 0 Å². The van der Waals surface area contributed by atoms with E-state index in [2.05, 4.69) is 17.1 Å². The van der Waals surface area contributed by atoms with Gasteiger partial charge in [0.2, 0.25) is 0 Å². The Balaban J connectivity index is 2.39. The zero-order valence-electron chi connectivity index (χ0n) is 7.93. The lowest BCUT2D eigenvalue weighted by atomic mass is 9.94. The molecule has 70 valence electrons. The molecular formula is C12H12N2. The third-order valence-corrected chi connectivity index (χ3v) is 2.94. The highest BCUT2D eigenvalue weighted by Gasteiger charge is 2.18. The van der Waals surface area contributed by atoms with Crippen molar-refractivity contribution in [2.75, 3.05) is 0 Å². The molecule has 0 amide bonds. The lowest BCUT2D eigenvalue weighted by molar-refractivity contribution is 0.819. The fourth-order valence-electron chi connectivity index (χ4n) is 2.30. The molecule has 14 heavy (non-hydrogen) atoms. The van der Waals surface area contributed by atoms with Crippen LogP contribution in [-0.2, 0) is 6.42 Å². The lowest BCUT2D eigenvalue weighted by Crippen LogP contribution is -2.09. The molecule has 0 saturated heterocycles. The van der Waals surface area contributed by atoms with Gasteiger partial charge in [-0.05, 0) is 25.3 Å². The Kier molecular flexibility index (Phi) is 1.51. The van der Waals surface area contributed by atoms with Crippen molar-refractivity contribution >= 4 is 16.6 Å². The van der Waals surface area contributed by atoms with Crippen molar-refractivity contribution in [1.82, 2.24) is 4.98 Å². The molecule has 1 aromatic heterocycles. The average molecular weight is 184 g/mol. The number of nitrogens with one attached hydrogen (secondary N) is 2. The molecule has 2 heteroatoms. The molecule has 0 unspecified atom stereocenters. The van der Waals surface area contributed by atoms with Crippen LogP contribution in [0.25, 0.3) is 10.9 Å². The van der Waals surface area contributed by atoms with Gasteiger partial charge in [0.1, 0.15) is 0 Å². The first kappa shape index (κ1) is 7.80. The highest BCUT2D eigenvalue weighted by Crippen LogP contribution is 2.28. The quantitative estimate of drug-likeness (QED) is 0.632. The number of hydrogen-bond donors (Lipinski definition) is 2. The van der Waals surface area contributed by atoms with Crippen molar-refractivity contribution in [3.05, 3.63) is 35.5 Å². The molecule has 1 aliphatic rings. The Bertz CT molecular complexity index is 508. The number of aromatic amines is 1. The fourth-order valence-corrected chi connectivity index (χ4v) is 2.30. The van der Waals surface area contributed by atoms with Crippen LogP contribution in [0.2, 0.25) is 0 Å². The van der Waals surface area contributed by atoms with Crippen LogP contribution < -0.4 is 0 Å². The molecule has 0 fully saturated rings. The molecular weight excluding hydrogens is 172 g/mol. The number of rotatable bonds is 0. The van der Waals surface area contributed by atoms with Gasteiger partial charge in [-0.3, -0.25) is 0 Å². The van der Waals surface area contributed by atoms with Gasteiger partial charge in [-0.25, -0.2) is 0 Å². The van der Waals surface area contributed by atoms with E-state index >= 15 is 0 Å². The van der Waals surface area contributed by atoms with Crippen molar-refractivity contribution in [1.29, 1.82) is 5.41 Å². The van der Waals surface area contributed by atoms with E-state index in [0.29, 0.717) is 0 Å². The van der Waals surface area contributed by atoms with E-state index in [-0.39, 0.29) is 0 Å². The van der Waals surface area contributed by atoms with Crippen LogP contribution in [0.15, 0.2) is 24.3 Å². The van der Waals surface area contributed by atoms with Gasteiger partial charge < -0.3 is 10.4 Å². The van der Waals surface area contributed by atoms with Gasteiger partial charge in [0.15, 0.2) is 0 Å². The second-order valence-corrected chi connectivity index (χ2v) is 3.86. The summed E-state index contributed by atoms with van der Waals surface area (Å²) in [6.07, 6.45) is 3.12. The molecule has 1 aliphatic carbocycles. The van der Waals surface area contributed by atoms with Gasteiger partial charge in [-0.15, -0.1) is 0 Å². The molecule has 0 atom stereocenters. The van der Waals surface area contributed by atoms with E-state index in [1.807, 2.05) is 12.1 Å². The van der Waals surface area contributed by atoms with E-state index in [4.69, 9.17) is 5.41 Å². The molecule has 2 aromatic rings. The predicted octanol–water partition coefficient (Wildman–Crippen LogP) is 2.87. The maximum absolute atomic E-state index is 7.95. The van der Waals surface area contributed by atoms with E-state index in [1.165, 1.54) is 16.6 Å². The van der Waals surface area contributed by atoms with Crippen molar-refractivity contribution in [3.63, 3.8) is 0 Å². The smallest absolute Gasteiger partial charge is 0.0463 e. The number of hydrogen-bond acceptors (Lipinski definition) is 1. The predicted molar refractivity (Wildman–Crippen MR) is 58.1 cm³/mol. The maximum atomic E-state index is 7.95. The lowest BCUT2D eigenvalue weighted by Gasteiger charge is -2.11. The molecule has 2 nitrogen and oxygen atoms in total. The van der Waals surface area contributed by atoms with Crippen LogP contribution in [0.5, 0.6) is 0 Å². The molecule has 3 rings (SSSR count).